The Morgan fingerprint density at radius 3 is 2.43 bits per heavy atom. The van der Waals surface area contributed by atoms with Gasteiger partial charge in [-0.3, -0.25) is 14.5 Å². The summed E-state index contributed by atoms with van der Waals surface area (Å²) in [5.41, 5.74) is 1.45. The number of aromatic hydroxyl groups is 1. The number of benzene rings is 1. The summed E-state index contributed by atoms with van der Waals surface area (Å²) in [6, 6.07) is 9.13. The third kappa shape index (κ3) is 4.08. The van der Waals surface area contributed by atoms with E-state index in [2.05, 4.69) is 11.8 Å². The molecule has 3 rings (SSSR count). The number of amides is 1. The lowest BCUT2D eigenvalue weighted by Gasteiger charge is -2.35. The van der Waals surface area contributed by atoms with Crippen molar-refractivity contribution >= 4 is 17.5 Å². The van der Waals surface area contributed by atoms with E-state index < -0.39 is 11.2 Å². The van der Waals surface area contributed by atoms with Crippen LogP contribution in [0.4, 0.5) is 0 Å². The second-order valence-electron chi connectivity index (χ2n) is 7.37. The van der Waals surface area contributed by atoms with Crippen LogP contribution in [0.3, 0.4) is 0 Å². The molecule has 2 aromatic rings. The monoisotopic (exact) mass is 403 g/mol. The number of nitrogens with zero attached hydrogens (tertiary/aromatic N) is 3. The van der Waals surface area contributed by atoms with E-state index in [4.69, 9.17) is 11.6 Å². The molecular weight excluding hydrogens is 378 g/mol. The SMILES string of the molecule is CCN(Cc1ccc(Cl)cc1)Cc1cc(=O)c(O)c2n1CCN(C(C)C)C2=O. The van der Waals surface area contributed by atoms with E-state index in [1.165, 1.54) is 6.07 Å². The predicted molar refractivity (Wildman–Crippen MR) is 110 cm³/mol. The zero-order chi connectivity index (χ0) is 20.4. The second-order valence-corrected chi connectivity index (χ2v) is 7.81. The van der Waals surface area contributed by atoms with Gasteiger partial charge in [0.25, 0.3) is 5.91 Å². The molecule has 1 amide bonds. The van der Waals surface area contributed by atoms with Crippen molar-refractivity contribution in [3.05, 3.63) is 62.5 Å². The Kier molecular flexibility index (Phi) is 6.10. The highest BCUT2D eigenvalue weighted by Crippen LogP contribution is 2.23. The highest BCUT2D eigenvalue weighted by molar-refractivity contribution is 6.30. The molecule has 0 spiro atoms. The fourth-order valence-electron chi connectivity index (χ4n) is 3.58. The van der Waals surface area contributed by atoms with Crippen molar-refractivity contribution in [2.24, 2.45) is 0 Å². The summed E-state index contributed by atoms with van der Waals surface area (Å²) in [5.74, 6) is -0.752. The minimum atomic E-state index is -0.511. The van der Waals surface area contributed by atoms with Crippen LogP contribution in [-0.4, -0.2) is 44.5 Å². The molecule has 6 nitrogen and oxygen atoms in total. The number of pyridine rings is 1. The number of aromatic nitrogens is 1. The summed E-state index contributed by atoms with van der Waals surface area (Å²) < 4.78 is 1.79. The van der Waals surface area contributed by atoms with E-state index in [1.807, 2.05) is 38.1 Å². The summed E-state index contributed by atoms with van der Waals surface area (Å²) in [6.07, 6.45) is 0. The number of halogens is 1. The van der Waals surface area contributed by atoms with E-state index >= 15 is 0 Å². The zero-order valence-corrected chi connectivity index (χ0v) is 17.2. The minimum absolute atomic E-state index is 0.0106. The molecule has 0 atom stereocenters. The molecule has 1 aromatic heterocycles. The molecule has 150 valence electrons. The largest absolute Gasteiger partial charge is 0.503 e. The lowest BCUT2D eigenvalue weighted by molar-refractivity contribution is 0.0637. The van der Waals surface area contributed by atoms with Crippen molar-refractivity contribution in [1.82, 2.24) is 14.4 Å². The van der Waals surface area contributed by atoms with Gasteiger partial charge in [-0.25, -0.2) is 0 Å². The maximum absolute atomic E-state index is 12.8. The van der Waals surface area contributed by atoms with Crippen LogP contribution in [0.2, 0.25) is 5.02 Å². The lowest BCUT2D eigenvalue weighted by atomic mass is 10.1. The van der Waals surface area contributed by atoms with Crippen LogP contribution in [0.25, 0.3) is 0 Å². The molecule has 0 saturated heterocycles. The molecule has 0 unspecified atom stereocenters. The second kappa shape index (κ2) is 8.37. The van der Waals surface area contributed by atoms with Crippen LogP contribution in [-0.2, 0) is 19.6 Å². The van der Waals surface area contributed by atoms with Gasteiger partial charge < -0.3 is 14.6 Å². The van der Waals surface area contributed by atoms with Crippen LogP contribution >= 0.6 is 11.6 Å². The number of hydrogen-bond donors (Lipinski definition) is 1. The van der Waals surface area contributed by atoms with Crippen LogP contribution < -0.4 is 5.43 Å². The fraction of sp³-hybridized carbons (Fsp3) is 0.429. The Labute approximate surface area is 170 Å². The van der Waals surface area contributed by atoms with Gasteiger partial charge in [0.15, 0.2) is 11.4 Å². The third-order valence-electron chi connectivity index (χ3n) is 5.18. The number of hydrogen-bond acceptors (Lipinski definition) is 4. The van der Waals surface area contributed by atoms with Gasteiger partial charge in [0.2, 0.25) is 5.43 Å². The summed E-state index contributed by atoms with van der Waals surface area (Å²) in [6.45, 7) is 9.01. The summed E-state index contributed by atoms with van der Waals surface area (Å²) >= 11 is 5.96. The number of fused-ring (bicyclic) bond motifs is 1. The summed E-state index contributed by atoms with van der Waals surface area (Å²) in [7, 11) is 0. The van der Waals surface area contributed by atoms with Gasteiger partial charge in [0.05, 0.1) is 0 Å². The van der Waals surface area contributed by atoms with Gasteiger partial charge in [-0.05, 0) is 38.1 Å². The van der Waals surface area contributed by atoms with Crippen molar-refractivity contribution in [1.29, 1.82) is 0 Å². The van der Waals surface area contributed by atoms with Gasteiger partial charge in [-0.15, -0.1) is 0 Å². The van der Waals surface area contributed by atoms with E-state index in [9.17, 15) is 14.7 Å². The summed E-state index contributed by atoms with van der Waals surface area (Å²) in [5, 5.41) is 11.0. The molecule has 1 aliphatic rings. The van der Waals surface area contributed by atoms with Crippen molar-refractivity contribution in [3.8, 4) is 5.75 Å². The van der Waals surface area contributed by atoms with Crippen molar-refractivity contribution in [2.75, 3.05) is 13.1 Å². The predicted octanol–water partition coefficient (Wildman–Crippen LogP) is 3.09. The van der Waals surface area contributed by atoms with Crippen molar-refractivity contribution in [2.45, 2.75) is 46.4 Å². The molecule has 0 radical (unpaired) electrons. The van der Waals surface area contributed by atoms with Gasteiger partial charge in [0.1, 0.15) is 0 Å². The van der Waals surface area contributed by atoms with Gasteiger partial charge in [0, 0.05) is 49.0 Å². The maximum atomic E-state index is 12.8. The Morgan fingerprint density at radius 1 is 1.14 bits per heavy atom. The topological polar surface area (TPSA) is 65.8 Å². The first-order chi connectivity index (χ1) is 13.3. The minimum Gasteiger partial charge on any atom is -0.503 e. The van der Waals surface area contributed by atoms with E-state index in [-0.39, 0.29) is 17.6 Å². The Hall–Kier alpha value is -2.31. The average molecular weight is 404 g/mol. The van der Waals surface area contributed by atoms with Crippen molar-refractivity contribution < 1.29 is 9.90 Å². The zero-order valence-electron chi connectivity index (χ0n) is 16.5. The van der Waals surface area contributed by atoms with E-state index in [0.29, 0.717) is 31.2 Å². The molecule has 0 saturated carbocycles. The first-order valence-corrected chi connectivity index (χ1v) is 9.93. The lowest BCUT2D eigenvalue weighted by Crippen LogP contribution is -2.46. The molecule has 0 aliphatic carbocycles. The van der Waals surface area contributed by atoms with Crippen molar-refractivity contribution in [3.63, 3.8) is 0 Å². The van der Waals surface area contributed by atoms with Gasteiger partial charge in [-0.1, -0.05) is 30.7 Å². The average Bonchev–Trinajstić information content (AvgIpc) is 2.66. The highest BCUT2D eigenvalue weighted by atomic mass is 35.5. The number of rotatable bonds is 6. The Balaban J connectivity index is 1.92. The fourth-order valence-corrected chi connectivity index (χ4v) is 3.71. The molecule has 2 heterocycles. The number of carbonyl (C=O) groups is 1. The van der Waals surface area contributed by atoms with E-state index in [1.54, 1.807) is 9.47 Å². The quantitative estimate of drug-likeness (QED) is 0.804. The van der Waals surface area contributed by atoms with Crippen LogP contribution in [0.5, 0.6) is 5.75 Å². The number of carbonyl (C=O) groups excluding carboxylic acids is 1. The first-order valence-electron chi connectivity index (χ1n) is 9.55. The molecule has 0 bridgehead atoms. The first kappa shape index (κ1) is 20.4. The highest BCUT2D eigenvalue weighted by Gasteiger charge is 2.31. The molecule has 0 fully saturated rings. The van der Waals surface area contributed by atoms with Gasteiger partial charge >= 0.3 is 0 Å². The molecule has 7 heteroatoms. The van der Waals surface area contributed by atoms with Gasteiger partial charge in [-0.2, -0.15) is 0 Å². The molecule has 1 N–H and O–H groups in total. The maximum Gasteiger partial charge on any atom is 0.274 e. The van der Waals surface area contributed by atoms with Crippen LogP contribution in [0, 0.1) is 0 Å². The smallest absolute Gasteiger partial charge is 0.274 e. The Morgan fingerprint density at radius 2 is 1.82 bits per heavy atom. The normalized spacial score (nSPS) is 14.1. The van der Waals surface area contributed by atoms with Crippen LogP contribution in [0.1, 0.15) is 42.5 Å². The molecular formula is C21H26ClN3O3. The van der Waals surface area contributed by atoms with Crippen LogP contribution in [0.15, 0.2) is 35.1 Å². The molecule has 28 heavy (non-hydrogen) atoms. The molecule has 1 aliphatic heterocycles. The Bertz CT molecular complexity index is 922. The standard InChI is InChI=1S/C21H26ClN3O3/c1-4-23(12-15-5-7-16(22)8-6-15)13-17-11-18(26)20(27)19-21(28)24(14(2)3)9-10-25(17)19/h5-8,11,14,27H,4,9-10,12-13H2,1-3H3. The van der Waals surface area contributed by atoms with E-state index in [0.717, 1.165) is 17.8 Å². The summed E-state index contributed by atoms with van der Waals surface area (Å²) in [4.78, 5) is 29.0. The third-order valence-corrected chi connectivity index (χ3v) is 5.43. The molecule has 1 aromatic carbocycles.